The van der Waals surface area contributed by atoms with Crippen molar-refractivity contribution in [1.29, 1.82) is 0 Å². The van der Waals surface area contributed by atoms with E-state index >= 15 is 0 Å². The van der Waals surface area contributed by atoms with Gasteiger partial charge in [-0.3, -0.25) is 8.98 Å². The Bertz CT molecular complexity index is 2830. The van der Waals surface area contributed by atoms with Crippen LogP contribution in [0.1, 0.15) is 157 Å². The molecule has 8 rings (SSSR count). The molecule has 14 nitrogen and oxygen atoms in total. The minimum absolute atomic E-state index is 0.0272. The van der Waals surface area contributed by atoms with Gasteiger partial charge in [0.25, 0.3) is 18.4 Å². The Morgan fingerprint density at radius 1 is 0.731 bits per heavy atom. The molecule has 4 aliphatic carbocycles. The van der Waals surface area contributed by atoms with Crippen molar-refractivity contribution in [2.45, 2.75) is 177 Å². The lowest BCUT2D eigenvalue weighted by atomic mass is 9.39. The Balaban J connectivity index is 1.02. The number of likely N-dealkylation sites (N-methyl/N-ethyl adjacent to an activating group) is 1. The number of amides is 2. The molecule has 4 aliphatic rings. The Morgan fingerprint density at radius 3 is 1.87 bits per heavy atom. The maximum absolute atomic E-state index is 13.9. The first-order valence-corrected chi connectivity index (χ1v) is 31.4. The van der Waals surface area contributed by atoms with Crippen LogP contribution in [0.4, 0.5) is 4.79 Å². The highest BCUT2D eigenvalue weighted by molar-refractivity contribution is 7.86. The largest absolute Gasteiger partial charge is 0.455 e. The number of nitrogens with zero attached hydrogens (tertiary/aromatic N) is 3. The molecule has 4 aromatic rings. The van der Waals surface area contributed by atoms with E-state index < -0.39 is 58.5 Å². The van der Waals surface area contributed by atoms with E-state index in [1.807, 2.05) is 58.9 Å². The van der Waals surface area contributed by atoms with E-state index in [0.717, 1.165) is 56.3 Å². The second-order valence-corrected chi connectivity index (χ2v) is 33.7. The first-order chi connectivity index (χ1) is 36.1. The summed E-state index contributed by atoms with van der Waals surface area (Å²) in [5, 5.41) is 4.80. The van der Waals surface area contributed by atoms with Crippen LogP contribution >= 0.6 is 0 Å². The number of carbonyl (C=O) groups excluding carboxylic acids is 3. The predicted octanol–water partition coefficient (Wildman–Crippen LogP) is 10.8. The fourth-order valence-corrected chi connectivity index (χ4v) is 19.5. The summed E-state index contributed by atoms with van der Waals surface area (Å²) in [6.07, 6.45) is 7.91. The van der Waals surface area contributed by atoms with Crippen LogP contribution in [-0.2, 0) is 50.7 Å². The van der Waals surface area contributed by atoms with Gasteiger partial charge in [0, 0.05) is 56.3 Å². The fourth-order valence-electron chi connectivity index (χ4n) is 13.9. The van der Waals surface area contributed by atoms with Gasteiger partial charge >= 0.3 is 12.1 Å². The number of esters is 1. The molecule has 4 bridgehead atoms. The van der Waals surface area contributed by atoms with E-state index in [9.17, 15) is 22.8 Å². The predicted molar refractivity (Wildman–Crippen MR) is 310 cm³/mol. The second-order valence-electron chi connectivity index (χ2n) is 27.6. The van der Waals surface area contributed by atoms with Crippen molar-refractivity contribution >= 4 is 46.8 Å². The molecular weight excluding hydrogens is 1020 g/mol. The molecule has 2 atom stereocenters. The van der Waals surface area contributed by atoms with Gasteiger partial charge in [-0.15, -0.1) is 0 Å². The summed E-state index contributed by atoms with van der Waals surface area (Å²) < 4.78 is 61.5. The van der Waals surface area contributed by atoms with E-state index in [0.29, 0.717) is 24.3 Å². The number of carbonyl (C=O) groups is 3. The summed E-state index contributed by atoms with van der Waals surface area (Å²) in [6, 6.07) is 26.6. The molecule has 0 spiro atoms. The smallest absolute Gasteiger partial charge is 0.410 e. The molecule has 428 valence electrons. The molecule has 2 aromatic carbocycles. The van der Waals surface area contributed by atoms with Gasteiger partial charge in [0.05, 0.1) is 36.7 Å². The molecular formula is C62H90N4O10SSi. The summed E-state index contributed by atoms with van der Waals surface area (Å²) in [5.41, 5.74) is 0.585. The topological polar surface area (TPSA) is 165 Å². The summed E-state index contributed by atoms with van der Waals surface area (Å²) in [5.74, 6) is -1.15. The van der Waals surface area contributed by atoms with Crippen LogP contribution in [-0.4, -0.2) is 112 Å². The van der Waals surface area contributed by atoms with Gasteiger partial charge in [0.15, 0.2) is 5.69 Å². The first kappa shape index (κ1) is 60.8. The summed E-state index contributed by atoms with van der Waals surface area (Å²) >= 11 is 0. The van der Waals surface area contributed by atoms with Gasteiger partial charge in [-0.2, -0.15) is 8.42 Å². The SMILES string of the molecule is CNC(=O)Cc1ccc(-c2ccn(CC34CC5(C)CC(C)(C3)CC(OCCN(CCS(=O)(=O)OCC(C)(C)CCO[Si](c3ccccc3)(c3ccccc3)C(C)(C)C)C(=O)OC(C)(C)C)(C5)C4)c2C)c(C(=O)OC(C)(C)C)n1. The number of nitrogens with one attached hydrogen (secondary N) is 1. The number of hydrogen-bond acceptors (Lipinski definition) is 11. The van der Waals surface area contributed by atoms with Gasteiger partial charge < -0.3 is 33.4 Å². The Kier molecular flexibility index (Phi) is 17.6. The number of hydrogen-bond donors (Lipinski definition) is 1. The third-order valence-corrected chi connectivity index (χ3v) is 22.2. The van der Waals surface area contributed by atoms with Crippen LogP contribution in [0.15, 0.2) is 85.1 Å². The van der Waals surface area contributed by atoms with Gasteiger partial charge in [-0.1, -0.05) is 115 Å². The molecule has 0 radical (unpaired) electrons. The third kappa shape index (κ3) is 14.5. The Hall–Kier alpha value is -4.87. The van der Waals surface area contributed by atoms with Gasteiger partial charge in [-0.05, 0) is 143 Å². The monoisotopic (exact) mass is 1110 g/mol. The Labute approximate surface area is 467 Å². The van der Waals surface area contributed by atoms with E-state index in [1.54, 1.807) is 33.9 Å². The average molecular weight is 1110 g/mol. The average Bonchev–Trinajstić information content (AvgIpc) is 3.41. The molecule has 78 heavy (non-hydrogen) atoms. The lowest BCUT2D eigenvalue weighted by Gasteiger charge is -2.69. The molecule has 2 amide bonds. The van der Waals surface area contributed by atoms with E-state index in [2.05, 4.69) is 106 Å². The maximum atomic E-state index is 13.9. The van der Waals surface area contributed by atoms with Crippen LogP contribution in [0, 0.1) is 28.6 Å². The molecule has 16 heteroatoms. The van der Waals surface area contributed by atoms with Crippen LogP contribution in [0.25, 0.3) is 11.1 Å². The van der Waals surface area contributed by atoms with Gasteiger partial charge in [0.2, 0.25) is 5.91 Å². The number of aromatic nitrogens is 2. The van der Waals surface area contributed by atoms with Gasteiger partial charge in [-0.25, -0.2) is 14.6 Å². The molecule has 4 saturated carbocycles. The molecule has 0 saturated heterocycles. The lowest BCUT2D eigenvalue weighted by Crippen LogP contribution is -2.66. The number of ether oxygens (including phenoxy) is 3. The quantitative estimate of drug-likeness (QED) is 0.0452. The van der Waals surface area contributed by atoms with E-state index in [4.69, 9.17) is 27.8 Å². The van der Waals surface area contributed by atoms with Crippen LogP contribution in [0.2, 0.25) is 5.04 Å². The number of pyridine rings is 1. The highest BCUT2D eigenvalue weighted by atomic mass is 32.2. The highest BCUT2D eigenvalue weighted by Crippen LogP contribution is 2.72. The van der Waals surface area contributed by atoms with Crippen molar-refractivity contribution in [2.24, 2.45) is 21.7 Å². The summed E-state index contributed by atoms with van der Waals surface area (Å²) in [7, 11) is -5.29. The molecule has 1 N–H and O–H groups in total. The van der Waals surface area contributed by atoms with Crippen molar-refractivity contribution in [3.05, 3.63) is 102 Å². The summed E-state index contributed by atoms with van der Waals surface area (Å²) in [6.45, 7) is 29.8. The highest BCUT2D eigenvalue weighted by Gasteiger charge is 2.66. The van der Waals surface area contributed by atoms with Crippen LogP contribution < -0.4 is 15.7 Å². The number of benzene rings is 2. The van der Waals surface area contributed by atoms with Crippen molar-refractivity contribution < 1.29 is 45.6 Å². The molecule has 2 heterocycles. The van der Waals surface area contributed by atoms with E-state index in [1.165, 1.54) is 15.3 Å². The molecule has 2 unspecified atom stereocenters. The van der Waals surface area contributed by atoms with Crippen molar-refractivity contribution in [1.82, 2.24) is 19.8 Å². The minimum Gasteiger partial charge on any atom is -0.455 e. The normalized spacial score (nSPS) is 22.6. The molecule has 2 aromatic heterocycles. The first-order valence-electron chi connectivity index (χ1n) is 28.0. The zero-order valence-corrected chi connectivity index (χ0v) is 51.3. The van der Waals surface area contributed by atoms with E-state index in [-0.39, 0.29) is 65.6 Å². The second kappa shape index (κ2) is 22.6. The van der Waals surface area contributed by atoms with Gasteiger partial charge in [0.1, 0.15) is 11.2 Å². The summed E-state index contributed by atoms with van der Waals surface area (Å²) in [4.78, 5) is 46.0. The minimum atomic E-state index is -4.07. The van der Waals surface area contributed by atoms with Crippen LogP contribution in [0.5, 0.6) is 0 Å². The molecule has 0 aliphatic heterocycles. The molecule has 4 fully saturated rings. The lowest BCUT2D eigenvalue weighted by molar-refractivity contribution is -0.248. The van der Waals surface area contributed by atoms with Crippen molar-refractivity contribution in [3.8, 4) is 11.1 Å². The third-order valence-electron chi connectivity index (χ3n) is 16.0. The zero-order valence-electron chi connectivity index (χ0n) is 49.5. The standard InChI is InChI=1S/C62H90N4O10SSi/c1-45-49(50-27-26-46(36-51(67)63-15)64-52(50)53(68)75-55(2,3)4)28-30-66(45)43-61-38-59(13)37-60(14,39-61)41-62(40-59,42-61)72-34-31-65(54(69)76-56(5,6)7)32-35-77(70,71)73-44-58(11,12)29-33-74-78(57(8,9)10,47-22-18-16-19-23-47)48-24-20-17-21-25-48/h16-28,30H,29,31-44H2,1-15H3,(H,63,67). The van der Waals surface area contributed by atoms with Crippen molar-refractivity contribution in [3.63, 3.8) is 0 Å². The Morgan fingerprint density at radius 2 is 1.32 bits per heavy atom. The van der Waals surface area contributed by atoms with Crippen molar-refractivity contribution in [2.75, 3.05) is 45.7 Å². The van der Waals surface area contributed by atoms with Crippen LogP contribution in [0.3, 0.4) is 0 Å². The zero-order chi connectivity index (χ0) is 57.4. The number of rotatable bonds is 22. The fraction of sp³-hybridized carbons (Fsp3) is 0.613. The maximum Gasteiger partial charge on any atom is 0.410 e.